The molecule has 0 radical (unpaired) electrons. The van der Waals surface area contributed by atoms with Crippen molar-refractivity contribution in [1.29, 1.82) is 0 Å². The largest absolute Gasteiger partial charge is 0.395 e. The fourth-order valence-corrected chi connectivity index (χ4v) is 3.32. The third-order valence-corrected chi connectivity index (χ3v) is 3.97. The van der Waals surface area contributed by atoms with E-state index < -0.39 is 0 Å². The van der Waals surface area contributed by atoms with Crippen LogP contribution in [0.3, 0.4) is 0 Å². The Bertz CT molecular complexity index is 469. The Balaban J connectivity index is 1.93. The maximum Gasteiger partial charge on any atom is 0.250 e. The minimum atomic E-state index is 0.132. The fraction of sp³-hybridized carbons (Fsp3) is 0.615. The van der Waals surface area contributed by atoms with Crippen LogP contribution in [0.5, 0.6) is 0 Å². The SMILES string of the molecule is O=c1cccc2n1C[C@@H]1C[C@H]2CN(CCO)C1. The van der Waals surface area contributed by atoms with Gasteiger partial charge in [0.05, 0.1) is 6.61 Å². The molecule has 2 bridgehead atoms. The Morgan fingerprint density at radius 3 is 3.00 bits per heavy atom. The highest BCUT2D eigenvalue weighted by molar-refractivity contribution is 5.16. The van der Waals surface area contributed by atoms with Gasteiger partial charge in [-0.25, -0.2) is 0 Å². The number of pyridine rings is 1. The molecule has 3 heterocycles. The van der Waals surface area contributed by atoms with E-state index >= 15 is 0 Å². The lowest BCUT2D eigenvalue weighted by Gasteiger charge is -2.42. The van der Waals surface area contributed by atoms with Gasteiger partial charge < -0.3 is 14.6 Å². The lowest BCUT2D eigenvalue weighted by atomic mass is 9.83. The Morgan fingerprint density at radius 1 is 1.29 bits per heavy atom. The summed E-state index contributed by atoms with van der Waals surface area (Å²) in [5.41, 5.74) is 1.31. The van der Waals surface area contributed by atoms with Crippen molar-refractivity contribution >= 4 is 0 Å². The zero-order valence-corrected chi connectivity index (χ0v) is 9.88. The lowest BCUT2D eigenvalue weighted by Crippen LogP contribution is -2.47. The van der Waals surface area contributed by atoms with Crippen molar-refractivity contribution in [2.45, 2.75) is 18.9 Å². The van der Waals surface area contributed by atoms with Crippen LogP contribution in [0.25, 0.3) is 0 Å². The maximum atomic E-state index is 11.8. The van der Waals surface area contributed by atoms with Crippen LogP contribution in [0.2, 0.25) is 0 Å². The second-order valence-corrected chi connectivity index (χ2v) is 5.18. The second kappa shape index (κ2) is 4.27. The van der Waals surface area contributed by atoms with Crippen LogP contribution in [0.4, 0.5) is 0 Å². The third kappa shape index (κ3) is 1.91. The molecule has 0 spiro atoms. The molecule has 1 aromatic rings. The van der Waals surface area contributed by atoms with E-state index in [0.29, 0.717) is 11.8 Å². The van der Waals surface area contributed by atoms with Crippen molar-refractivity contribution in [2.75, 3.05) is 26.2 Å². The lowest BCUT2D eigenvalue weighted by molar-refractivity contribution is 0.100. The molecule has 0 saturated carbocycles. The molecule has 3 rings (SSSR count). The number of likely N-dealkylation sites (tertiary alicyclic amines) is 1. The first-order valence-corrected chi connectivity index (χ1v) is 6.31. The summed E-state index contributed by atoms with van der Waals surface area (Å²) in [5.74, 6) is 1.02. The molecule has 2 atom stereocenters. The molecule has 17 heavy (non-hydrogen) atoms. The van der Waals surface area contributed by atoms with Gasteiger partial charge in [0.1, 0.15) is 0 Å². The quantitative estimate of drug-likeness (QED) is 0.798. The smallest absolute Gasteiger partial charge is 0.250 e. The summed E-state index contributed by atoms with van der Waals surface area (Å²) >= 11 is 0. The number of hydrogen-bond donors (Lipinski definition) is 1. The van der Waals surface area contributed by atoms with Crippen molar-refractivity contribution in [1.82, 2.24) is 9.47 Å². The highest BCUT2D eigenvalue weighted by Crippen LogP contribution is 2.34. The minimum Gasteiger partial charge on any atom is -0.395 e. The highest BCUT2D eigenvalue weighted by atomic mass is 16.3. The molecule has 1 saturated heterocycles. The molecule has 2 aliphatic rings. The normalized spacial score (nSPS) is 27.8. The molecular weight excluding hydrogens is 216 g/mol. The first-order valence-electron chi connectivity index (χ1n) is 6.31. The van der Waals surface area contributed by atoms with E-state index in [0.717, 1.165) is 26.2 Å². The van der Waals surface area contributed by atoms with Crippen LogP contribution >= 0.6 is 0 Å². The van der Waals surface area contributed by atoms with Gasteiger partial charge in [0.15, 0.2) is 0 Å². The summed E-state index contributed by atoms with van der Waals surface area (Å²) < 4.78 is 1.94. The molecule has 0 aliphatic carbocycles. The number of aromatic nitrogens is 1. The Labute approximate surface area is 100 Å². The Morgan fingerprint density at radius 2 is 2.18 bits per heavy atom. The standard InChI is InChI=1S/C13H18N2O2/c16-5-4-14-7-10-6-11(9-14)12-2-1-3-13(17)15(12)8-10/h1-3,10-11,16H,4-9H2/t10-,11+/m1/s1. The van der Waals surface area contributed by atoms with E-state index in [4.69, 9.17) is 5.11 Å². The number of fused-ring (bicyclic) bond motifs is 4. The minimum absolute atomic E-state index is 0.132. The van der Waals surface area contributed by atoms with Crippen molar-refractivity contribution < 1.29 is 5.11 Å². The molecule has 1 fully saturated rings. The molecule has 2 aliphatic heterocycles. The molecule has 1 aromatic heterocycles. The Kier molecular flexibility index (Phi) is 2.76. The van der Waals surface area contributed by atoms with E-state index in [2.05, 4.69) is 11.0 Å². The second-order valence-electron chi connectivity index (χ2n) is 5.18. The van der Waals surface area contributed by atoms with Crippen LogP contribution in [0.1, 0.15) is 18.0 Å². The molecule has 4 nitrogen and oxygen atoms in total. The van der Waals surface area contributed by atoms with Crippen molar-refractivity contribution in [3.63, 3.8) is 0 Å². The molecule has 0 amide bonds. The third-order valence-electron chi connectivity index (χ3n) is 3.97. The van der Waals surface area contributed by atoms with Crippen molar-refractivity contribution in [3.8, 4) is 0 Å². The molecule has 1 N–H and O–H groups in total. The summed E-state index contributed by atoms with van der Waals surface area (Å²) in [5, 5.41) is 9.02. The van der Waals surface area contributed by atoms with Gasteiger partial charge in [-0.3, -0.25) is 4.79 Å². The molecule has 4 heteroatoms. The zero-order chi connectivity index (χ0) is 11.8. The number of nitrogens with zero attached hydrogens (tertiary/aromatic N) is 2. The summed E-state index contributed by atoms with van der Waals surface area (Å²) in [6, 6.07) is 5.58. The van der Waals surface area contributed by atoms with E-state index in [9.17, 15) is 4.79 Å². The molecule has 0 unspecified atom stereocenters. The van der Waals surface area contributed by atoms with Gasteiger partial charge in [0.2, 0.25) is 0 Å². The number of aliphatic hydroxyl groups is 1. The number of aliphatic hydroxyl groups excluding tert-OH is 1. The number of rotatable bonds is 2. The average molecular weight is 234 g/mol. The predicted molar refractivity (Wildman–Crippen MR) is 65.1 cm³/mol. The van der Waals surface area contributed by atoms with Gasteiger partial charge in [0, 0.05) is 43.9 Å². The summed E-state index contributed by atoms with van der Waals surface area (Å²) in [6.07, 6.45) is 1.19. The summed E-state index contributed by atoms with van der Waals surface area (Å²) in [4.78, 5) is 14.1. The zero-order valence-electron chi connectivity index (χ0n) is 9.88. The van der Waals surface area contributed by atoms with E-state index in [-0.39, 0.29) is 12.2 Å². The van der Waals surface area contributed by atoms with Gasteiger partial charge in [-0.2, -0.15) is 0 Å². The van der Waals surface area contributed by atoms with Gasteiger partial charge in [-0.1, -0.05) is 6.07 Å². The van der Waals surface area contributed by atoms with Crippen LogP contribution in [-0.4, -0.2) is 40.8 Å². The van der Waals surface area contributed by atoms with E-state index in [1.54, 1.807) is 6.07 Å². The fourth-order valence-electron chi connectivity index (χ4n) is 3.32. The van der Waals surface area contributed by atoms with Gasteiger partial charge in [-0.15, -0.1) is 0 Å². The van der Waals surface area contributed by atoms with Crippen molar-refractivity contribution in [3.05, 3.63) is 34.2 Å². The van der Waals surface area contributed by atoms with Crippen LogP contribution in [-0.2, 0) is 6.54 Å². The predicted octanol–water partition coefficient (Wildman–Crippen LogP) is 0.260. The summed E-state index contributed by atoms with van der Waals surface area (Å²) in [7, 11) is 0. The number of hydrogen-bond acceptors (Lipinski definition) is 3. The Hall–Kier alpha value is -1.13. The monoisotopic (exact) mass is 234 g/mol. The topological polar surface area (TPSA) is 45.5 Å². The number of β-amino-alcohol motifs (C(OH)–C–C–N with tert-alkyl or cyclic N) is 1. The van der Waals surface area contributed by atoms with E-state index in [1.165, 1.54) is 12.1 Å². The van der Waals surface area contributed by atoms with E-state index in [1.807, 2.05) is 10.6 Å². The molecular formula is C13H18N2O2. The number of piperidine rings is 1. The first kappa shape index (κ1) is 11.0. The van der Waals surface area contributed by atoms with Gasteiger partial charge >= 0.3 is 0 Å². The average Bonchev–Trinajstić information content (AvgIpc) is 2.31. The summed E-state index contributed by atoms with van der Waals surface area (Å²) in [6.45, 7) is 3.80. The van der Waals surface area contributed by atoms with Crippen LogP contribution in [0.15, 0.2) is 23.0 Å². The first-order chi connectivity index (χ1) is 8.28. The van der Waals surface area contributed by atoms with Crippen molar-refractivity contribution in [2.24, 2.45) is 5.92 Å². The molecule has 92 valence electrons. The highest BCUT2D eigenvalue weighted by Gasteiger charge is 2.33. The van der Waals surface area contributed by atoms with Gasteiger partial charge in [0.25, 0.3) is 5.56 Å². The van der Waals surface area contributed by atoms with Crippen LogP contribution in [0, 0.1) is 5.92 Å². The molecule has 0 aromatic carbocycles. The maximum absolute atomic E-state index is 11.8. The van der Waals surface area contributed by atoms with Gasteiger partial charge in [-0.05, 0) is 18.4 Å². The van der Waals surface area contributed by atoms with Crippen LogP contribution < -0.4 is 5.56 Å².